The van der Waals surface area contributed by atoms with E-state index >= 15 is 0 Å². The molecule has 0 bridgehead atoms. The summed E-state index contributed by atoms with van der Waals surface area (Å²) < 4.78 is 0. The number of ketones is 1. The molecular weight excluding hydrogens is 398 g/mol. The van der Waals surface area contributed by atoms with Crippen LogP contribution in [-0.2, 0) is 9.59 Å². The fourth-order valence-corrected chi connectivity index (χ4v) is 3.81. The number of nitrogens with zero attached hydrogens (tertiary/aromatic N) is 3. The average molecular weight is 423 g/mol. The molecule has 0 radical (unpaired) electrons. The van der Waals surface area contributed by atoms with Gasteiger partial charge in [-0.3, -0.25) is 19.7 Å². The van der Waals surface area contributed by atoms with Crippen LogP contribution in [0.4, 0.5) is 5.69 Å². The van der Waals surface area contributed by atoms with Crippen LogP contribution < -0.4 is 0 Å². The molecule has 0 unspecified atom stereocenters. The fourth-order valence-electron chi connectivity index (χ4n) is 3.81. The van der Waals surface area contributed by atoms with E-state index < -0.39 is 22.7 Å². The van der Waals surface area contributed by atoms with Crippen molar-refractivity contribution in [2.45, 2.75) is 19.9 Å². The SMILES string of the molecule is CCN(CC)CCN1C(=O)C(=O)/C(=C(/O)c2ccccc2)[C@H]1c1cccc([N+](=O)[O-])c1. The molecule has 1 aliphatic rings. The van der Waals surface area contributed by atoms with Crippen molar-refractivity contribution in [3.05, 3.63) is 81.4 Å². The first kappa shape index (κ1) is 22.2. The largest absolute Gasteiger partial charge is 0.507 e. The quantitative estimate of drug-likeness (QED) is 0.230. The van der Waals surface area contributed by atoms with Crippen LogP contribution in [0.5, 0.6) is 0 Å². The van der Waals surface area contributed by atoms with Crippen molar-refractivity contribution < 1.29 is 19.6 Å². The van der Waals surface area contributed by atoms with E-state index in [2.05, 4.69) is 4.90 Å². The highest BCUT2D eigenvalue weighted by atomic mass is 16.6. The van der Waals surface area contributed by atoms with E-state index in [1.807, 2.05) is 13.8 Å². The molecule has 31 heavy (non-hydrogen) atoms. The van der Waals surface area contributed by atoms with Gasteiger partial charge in [-0.2, -0.15) is 0 Å². The minimum atomic E-state index is -0.907. The Kier molecular flexibility index (Phi) is 6.81. The molecule has 1 aliphatic heterocycles. The summed E-state index contributed by atoms with van der Waals surface area (Å²) in [6.07, 6.45) is 0. The summed E-state index contributed by atoms with van der Waals surface area (Å²) in [6.45, 7) is 6.37. The Morgan fingerprint density at radius 3 is 2.39 bits per heavy atom. The highest BCUT2D eigenvalue weighted by molar-refractivity contribution is 6.46. The highest BCUT2D eigenvalue weighted by Crippen LogP contribution is 2.40. The summed E-state index contributed by atoms with van der Waals surface area (Å²) in [5.74, 6) is -1.81. The lowest BCUT2D eigenvalue weighted by atomic mass is 9.95. The summed E-state index contributed by atoms with van der Waals surface area (Å²) in [5, 5.41) is 22.2. The number of aliphatic hydroxyl groups is 1. The summed E-state index contributed by atoms with van der Waals surface area (Å²) >= 11 is 0. The zero-order valence-corrected chi connectivity index (χ0v) is 17.5. The summed E-state index contributed by atoms with van der Waals surface area (Å²) in [7, 11) is 0. The van der Waals surface area contributed by atoms with Crippen LogP contribution in [0.15, 0.2) is 60.2 Å². The normalized spacial score (nSPS) is 18.0. The van der Waals surface area contributed by atoms with E-state index in [9.17, 15) is 24.8 Å². The summed E-state index contributed by atoms with van der Waals surface area (Å²) in [5.41, 5.74) is 0.605. The first-order valence-corrected chi connectivity index (χ1v) is 10.2. The number of rotatable bonds is 8. The lowest BCUT2D eigenvalue weighted by Crippen LogP contribution is -2.38. The molecule has 1 fully saturated rings. The molecule has 0 saturated carbocycles. The van der Waals surface area contributed by atoms with Crippen molar-refractivity contribution in [3.63, 3.8) is 0 Å². The third kappa shape index (κ3) is 4.49. The number of nitro benzene ring substituents is 1. The van der Waals surface area contributed by atoms with Crippen molar-refractivity contribution in [1.29, 1.82) is 0 Å². The molecule has 162 valence electrons. The van der Waals surface area contributed by atoms with Gasteiger partial charge in [0.05, 0.1) is 16.5 Å². The molecule has 2 aromatic carbocycles. The zero-order chi connectivity index (χ0) is 22.5. The van der Waals surface area contributed by atoms with Gasteiger partial charge in [-0.1, -0.05) is 56.3 Å². The molecule has 3 rings (SSSR count). The monoisotopic (exact) mass is 423 g/mol. The van der Waals surface area contributed by atoms with E-state index in [0.29, 0.717) is 17.7 Å². The van der Waals surface area contributed by atoms with Crippen LogP contribution in [0, 0.1) is 10.1 Å². The van der Waals surface area contributed by atoms with Gasteiger partial charge in [0, 0.05) is 30.8 Å². The first-order chi connectivity index (χ1) is 14.9. The lowest BCUT2D eigenvalue weighted by Gasteiger charge is -2.28. The van der Waals surface area contributed by atoms with Gasteiger partial charge in [0.1, 0.15) is 5.76 Å². The maximum Gasteiger partial charge on any atom is 0.295 e. The van der Waals surface area contributed by atoms with E-state index in [0.717, 1.165) is 13.1 Å². The number of hydrogen-bond donors (Lipinski definition) is 1. The molecular formula is C23H25N3O5. The molecule has 8 nitrogen and oxygen atoms in total. The Morgan fingerprint density at radius 1 is 1.10 bits per heavy atom. The van der Waals surface area contributed by atoms with Gasteiger partial charge in [0.25, 0.3) is 17.4 Å². The van der Waals surface area contributed by atoms with Gasteiger partial charge in [0.15, 0.2) is 0 Å². The highest BCUT2D eigenvalue weighted by Gasteiger charge is 2.46. The molecule has 8 heteroatoms. The van der Waals surface area contributed by atoms with E-state index in [-0.39, 0.29) is 23.6 Å². The fraction of sp³-hybridized carbons (Fsp3) is 0.304. The maximum absolute atomic E-state index is 13.0. The third-order valence-corrected chi connectivity index (χ3v) is 5.54. The number of carbonyl (C=O) groups is 2. The predicted molar refractivity (Wildman–Crippen MR) is 116 cm³/mol. The van der Waals surface area contributed by atoms with Crippen molar-refractivity contribution in [3.8, 4) is 0 Å². The smallest absolute Gasteiger partial charge is 0.295 e. The van der Waals surface area contributed by atoms with Crippen molar-refractivity contribution in [2.75, 3.05) is 26.2 Å². The molecule has 0 aliphatic carbocycles. The number of nitro groups is 1. The van der Waals surface area contributed by atoms with E-state index in [4.69, 9.17) is 0 Å². The first-order valence-electron chi connectivity index (χ1n) is 10.2. The summed E-state index contributed by atoms with van der Waals surface area (Å²) in [6, 6.07) is 13.4. The Balaban J connectivity index is 2.13. The number of hydrogen-bond acceptors (Lipinski definition) is 6. The molecule has 0 spiro atoms. The van der Waals surface area contributed by atoms with Gasteiger partial charge < -0.3 is 14.9 Å². The van der Waals surface area contributed by atoms with Crippen LogP contribution in [0.2, 0.25) is 0 Å². The number of amides is 1. The van der Waals surface area contributed by atoms with Crippen LogP contribution in [-0.4, -0.2) is 57.7 Å². The number of Topliss-reactive ketones (excluding diaryl/α,β-unsaturated/α-hetero) is 1. The molecule has 1 saturated heterocycles. The Hall–Kier alpha value is -3.52. The van der Waals surface area contributed by atoms with Gasteiger partial charge in [-0.15, -0.1) is 0 Å². The van der Waals surface area contributed by atoms with Gasteiger partial charge in [-0.05, 0) is 18.7 Å². The molecule has 1 atom stereocenters. The third-order valence-electron chi connectivity index (χ3n) is 5.54. The Bertz CT molecular complexity index is 1010. The molecule has 1 heterocycles. The molecule has 1 amide bonds. The van der Waals surface area contributed by atoms with E-state index in [1.165, 1.54) is 23.1 Å². The minimum absolute atomic E-state index is 0.0590. The van der Waals surface area contributed by atoms with Crippen molar-refractivity contribution >= 4 is 23.1 Å². The lowest BCUT2D eigenvalue weighted by molar-refractivity contribution is -0.384. The van der Waals surface area contributed by atoms with Crippen molar-refractivity contribution in [2.24, 2.45) is 0 Å². The van der Waals surface area contributed by atoms with Crippen LogP contribution >= 0.6 is 0 Å². The van der Waals surface area contributed by atoms with Crippen LogP contribution in [0.3, 0.4) is 0 Å². The zero-order valence-electron chi connectivity index (χ0n) is 17.5. The second kappa shape index (κ2) is 9.53. The number of aliphatic hydroxyl groups excluding tert-OH is 1. The minimum Gasteiger partial charge on any atom is -0.507 e. The predicted octanol–water partition coefficient (Wildman–Crippen LogP) is 3.36. The average Bonchev–Trinajstić information content (AvgIpc) is 3.05. The Labute approximate surface area is 180 Å². The molecule has 0 aromatic heterocycles. The van der Waals surface area contributed by atoms with Gasteiger partial charge >= 0.3 is 0 Å². The van der Waals surface area contributed by atoms with Crippen LogP contribution in [0.25, 0.3) is 5.76 Å². The number of carbonyl (C=O) groups excluding carboxylic acids is 2. The van der Waals surface area contributed by atoms with Crippen molar-refractivity contribution in [1.82, 2.24) is 9.80 Å². The second-order valence-electron chi connectivity index (χ2n) is 7.24. The number of likely N-dealkylation sites (N-methyl/N-ethyl adjacent to an activating group) is 1. The van der Waals surface area contributed by atoms with Gasteiger partial charge in [0.2, 0.25) is 0 Å². The molecule has 1 N–H and O–H groups in total. The molecule has 2 aromatic rings. The number of likely N-dealkylation sites (tertiary alicyclic amines) is 1. The maximum atomic E-state index is 13.0. The van der Waals surface area contributed by atoms with Crippen LogP contribution in [0.1, 0.15) is 31.0 Å². The van der Waals surface area contributed by atoms with Gasteiger partial charge in [-0.25, -0.2) is 0 Å². The number of benzene rings is 2. The Morgan fingerprint density at radius 2 is 1.77 bits per heavy atom. The number of non-ortho nitro benzene ring substituents is 1. The second-order valence-corrected chi connectivity index (χ2v) is 7.24. The standard InChI is InChI=1S/C23H25N3O5/c1-3-24(4-2)13-14-25-20(17-11-8-12-18(15-17)26(30)31)19(22(28)23(25)29)21(27)16-9-6-5-7-10-16/h5-12,15,20,27H,3-4,13-14H2,1-2H3/b21-19+/t20-/m1/s1. The van der Waals surface area contributed by atoms with E-state index in [1.54, 1.807) is 36.4 Å². The summed E-state index contributed by atoms with van der Waals surface area (Å²) in [4.78, 5) is 40.2. The topological polar surface area (TPSA) is 104 Å².